The maximum atomic E-state index is 6.38. The van der Waals surface area contributed by atoms with Crippen molar-refractivity contribution in [1.29, 1.82) is 0 Å². The lowest BCUT2D eigenvalue weighted by atomic mass is 9.91. The van der Waals surface area contributed by atoms with E-state index in [0.29, 0.717) is 5.02 Å². The first-order valence-corrected chi connectivity index (χ1v) is 7.28. The van der Waals surface area contributed by atoms with Crippen molar-refractivity contribution in [2.45, 2.75) is 12.5 Å². The summed E-state index contributed by atoms with van der Waals surface area (Å²) in [5, 5.41) is 0.647. The number of thiophene rings is 1. The molecule has 0 aliphatic rings. The van der Waals surface area contributed by atoms with Crippen molar-refractivity contribution >= 4 is 50.5 Å². The number of rotatable bonds is 2. The standard InChI is InChI=1S/C12H10BrCl2NS/c1-12(16,10-4-5-11(15)17-10)8-3-2-7(13)6-9(8)14/h2-6H,16H2,1H3. The van der Waals surface area contributed by atoms with Crippen LogP contribution in [0.4, 0.5) is 0 Å². The Hall–Kier alpha value is -0.0600. The molecular weight excluding hydrogens is 341 g/mol. The summed E-state index contributed by atoms with van der Waals surface area (Å²) in [5.41, 5.74) is 6.64. The highest BCUT2D eigenvalue weighted by atomic mass is 79.9. The molecule has 2 rings (SSSR count). The Morgan fingerprint density at radius 2 is 1.94 bits per heavy atom. The van der Waals surface area contributed by atoms with E-state index in [9.17, 15) is 0 Å². The molecule has 0 radical (unpaired) electrons. The van der Waals surface area contributed by atoms with Crippen molar-refractivity contribution in [1.82, 2.24) is 0 Å². The van der Waals surface area contributed by atoms with Gasteiger partial charge in [-0.05, 0) is 36.8 Å². The van der Waals surface area contributed by atoms with E-state index in [0.717, 1.165) is 19.2 Å². The van der Waals surface area contributed by atoms with Gasteiger partial charge < -0.3 is 5.73 Å². The van der Waals surface area contributed by atoms with Gasteiger partial charge in [-0.25, -0.2) is 0 Å². The molecule has 1 aromatic carbocycles. The first-order valence-electron chi connectivity index (χ1n) is 4.91. The van der Waals surface area contributed by atoms with Crippen LogP contribution < -0.4 is 5.73 Å². The minimum Gasteiger partial charge on any atom is -0.317 e. The molecule has 0 spiro atoms. The SMILES string of the molecule is CC(N)(c1ccc(Cl)s1)c1ccc(Br)cc1Cl. The predicted molar refractivity (Wildman–Crippen MR) is 79.1 cm³/mol. The molecule has 0 saturated heterocycles. The average molecular weight is 351 g/mol. The van der Waals surface area contributed by atoms with E-state index in [1.807, 2.05) is 37.3 Å². The molecule has 5 heteroatoms. The van der Waals surface area contributed by atoms with Gasteiger partial charge in [0, 0.05) is 14.4 Å². The lowest BCUT2D eigenvalue weighted by Gasteiger charge is -2.25. The van der Waals surface area contributed by atoms with E-state index in [4.69, 9.17) is 28.9 Å². The summed E-state index contributed by atoms with van der Waals surface area (Å²) in [6, 6.07) is 9.49. The van der Waals surface area contributed by atoms with E-state index in [1.165, 1.54) is 11.3 Å². The molecule has 1 atom stereocenters. The van der Waals surface area contributed by atoms with Crippen molar-refractivity contribution in [3.8, 4) is 0 Å². The number of nitrogens with two attached hydrogens (primary N) is 1. The smallest absolute Gasteiger partial charge is 0.0932 e. The third kappa shape index (κ3) is 2.69. The van der Waals surface area contributed by atoms with E-state index >= 15 is 0 Å². The van der Waals surface area contributed by atoms with E-state index in [-0.39, 0.29) is 0 Å². The molecular formula is C12H10BrCl2NS. The Balaban J connectivity index is 2.51. The third-order valence-corrected chi connectivity index (χ3v) is 4.85. The van der Waals surface area contributed by atoms with Crippen LogP contribution in [-0.4, -0.2) is 0 Å². The summed E-state index contributed by atoms with van der Waals surface area (Å²) in [4.78, 5) is 0.992. The normalized spacial score (nSPS) is 14.6. The predicted octanol–water partition coefficient (Wildman–Crippen LogP) is 5.04. The number of hydrogen-bond acceptors (Lipinski definition) is 2. The van der Waals surface area contributed by atoms with Gasteiger partial charge in [-0.2, -0.15) is 0 Å². The summed E-state index contributed by atoms with van der Waals surface area (Å²) in [6.07, 6.45) is 0. The highest BCUT2D eigenvalue weighted by Crippen LogP contribution is 2.37. The van der Waals surface area contributed by atoms with Crippen molar-refractivity contribution in [2.24, 2.45) is 5.73 Å². The van der Waals surface area contributed by atoms with Gasteiger partial charge in [0.15, 0.2) is 0 Å². The number of benzene rings is 1. The molecule has 1 unspecified atom stereocenters. The summed E-state index contributed by atoms with van der Waals surface area (Å²) < 4.78 is 1.66. The van der Waals surface area contributed by atoms with Gasteiger partial charge in [-0.1, -0.05) is 45.2 Å². The maximum absolute atomic E-state index is 6.38. The van der Waals surface area contributed by atoms with Crippen LogP contribution >= 0.6 is 50.5 Å². The van der Waals surface area contributed by atoms with Crippen LogP contribution in [0, 0.1) is 0 Å². The van der Waals surface area contributed by atoms with Gasteiger partial charge in [0.05, 0.1) is 9.88 Å². The largest absolute Gasteiger partial charge is 0.317 e. The zero-order valence-corrected chi connectivity index (χ0v) is 12.9. The Morgan fingerprint density at radius 3 is 2.47 bits per heavy atom. The van der Waals surface area contributed by atoms with Crippen LogP contribution in [0.3, 0.4) is 0 Å². The Bertz CT molecular complexity index is 551. The van der Waals surface area contributed by atoms with Gasteiger partial charge in [0.25, 0.3) is 0 Å². The second-order valence-electron chi connectivity index (χ2n) is 3.93. The van der Waals surface area contributed by atoms with Crippen molar-refractivity contribution in [2.75, 3.05) is 0 Å². The summed E-state index contributed by atoms with van der Waals surface area (Å²) in [6.45, 7) is 1.93. The zero-order valence-electron chi connectivity index (χ0n) is 9.01. The molecule has 1 aromatic heterocycles. The van der Waals surface area contributed by atoms with E-state index < -0.39 is 5.54 Å². The molecule has 0 saturated carbocycles. The highest BCUT2D eigenvalue weighted by molar-refractivity contribution is 9.10. The Labute approximate surface area is 123 Å². The van der Waals surface area contributed by atoms with Gasteiger partial charge in [0.2, 0.25) is 0 Å². The Morgan fingerprint density at radius 1 is 1.24 bits per heavy atom. The topological polar surface area (TPSA) is 26.0 Å². The van der Waals surface area contributed by atoms with E-state index in [1.54, 1.807) is 0 Å². The second kappa shape index (κ2) is 4.90. The quantitative estimate of drug-likeness (QED) is 0.806. The van der Waals surface area contributed by atoms with Crippen molar-refractivity contribution in [3.63, 3.8) is 0 Å². The molecule has 0 fully saturated rings. The zero-order chi connectivity index (χ0) is 12.6. The van der Waals surface area contributed by atoms with Gasteiger partial charge in [0.1, 0.15) is 0 Å². The van der Waals surface area contributed by atoms with E-state index in [2.05, 4.69) is 15.9 Å². The number of halogens is 3. The molecule has 90 valence electrons. The fourth-order valence-electron chi connectivity index (χ4n) is 1.64. The monoisotopic (exact) mass is 349 g/mol. The van der Waals surface area contributed by atoms with Crippen molar-refractivity contribution < 1.29 is 0 Å². The number of hydrogen-bond donors (Lipinski definition) is 1. The van der Waals surface area contributed by atoms with Crippen LogP contribution in [0.5, 0.6) is 0 Å². The molecule has 1 heterocycles. The van der Waals surface area contributed by atoms with Gasteiger partial charge >= 0.3 is 0 Å². The van der Waals surface area contributed by atoms with Crippen LogP contribution in [0.1, 0.15) is 17.4 Å². The van der Waals surface area contributed by atoms with Gasteiger partial charge in [-0.3, -0.25) is 0 Å². The first kappa shape index (κ1) is 13.4. The summed E-state index contributed by atoms with van der Waals surface area (Å²) in [5.74, 6) is 0. The summed E-state index contributed by atoms with van der Waals surface area (Å²) >= 11 is 17.0. The fourth-order valence-corrected chi connectivity index (χ4v) is 3.62. The molecule has 0 aliphatic carbocycles. The Kier molecular flexibility index (Phi) is 3.86. The minimum absolute atomic E-state index is 0.629. The molecule has 2 aromatic rings. The van der Waals surface area contributed by atoms with Crippen LogP contribution in [-0.2, 0) is 5.54 Å². The second-order valence-corrected chi connectivity index (χ2v) is 6.97. The first-order chi connectivity index (χ1) is 7.91. The van der Waals surface area contributed by atoms with Crippen molar-refractivity contribution in [3.05, 3.63) is 54.6 Å². The fraction of sp³-hybridized carbons (Fsp3) is 0.167. The maximum Gasteiger partial charge on any atom is 0.0932 e. The molecule has 2 N–H and O–H groups in total. The van der Waals surface area contributed by atoms with Crippen LogP contribution in [0.25, 0.3) is 0 Å². The van der Waals surface area contributed by atoms with Crippen LogP contribution in [0.15, 0.2) is 34.8 Å². The molecule has 0 aliphatic heterocycles. The third-order valence-electron chi connectivity index (χ3n) is 2.58. The average Bonchev–Trinajstić information content (AvgIpc) is 2.64. The summed E-state index contributed by atoms with van der Waals surface area (Å²) in [7, 11) is 0. The van der Waals surface area contributed by atoms with Gasteiger partial charge in [-0.15, -0.1) is 11.3 Å². The minimum atomic E-state index is -0.629. The van der Waals surface area contributed by atoms with Crippen LogP contribution in [0.2, 0.25) is 9.36 Å². The molecule has 1 nitrogen and oxygen atoms in total. The molecule has 17 heavy (non-hydrogen) atoms. The highest BCUT2D eigenvalue weighted by Gasteiger charge is 2.27. The molecule has 0 amide bonds. The molecule has 0 bridgehead atoms. The lowest BCUT2D eigenvalue weighted by molar-refractivity contribution is 0.617. The lowest BCUT2D eigenvalue weighted by Crippen LogP contribution is -2.33.